The summed E-state index contributed by atoms with van der Waals surface area (Å²) in [4.78, 5) is 30.1. The van der Waals surface area contributed by atoms with E-state index in [1.54, 1.807) is 11.8 Å². The number of rotatable bonds is 3. The molecule has 7 heteroatoms. The number of aryl methyl sites for hydroxylation is 2. The van der Waals surface area contributed by atoms with E-state index in [1.165, 1.54) is 11.3 Å². The first-order valence-electron chi connectivity index (χ1n) is 6.18. The van der Waals surface area contributed by atoms with Gasteiger partial charge in [-0.05, 0) is 20.3 Å². The first-order chi connectivity index (χ1) is 8.85. The van der Waals surface area contributed by atoms with Crippen molar-refractivity contribution >= 4 is 28.4 Å². The van der Waals surface area contributed by atoms with Crippen LogP contribution in [-0.4, -0.2) is 34.9 Å². The fraction of sp³-hybridized carbons (Fsp3) is 0.583. The van der Waals surface area contributed by atoms with Gasteiger partial charge in [0.15, 0.2) is 5.13 Å². The van der Waals surface area contributed by atoms with E-state index in [-0.39, 0.29) is 11.9 Å². The fourth-order valence-corrected chi connectivity index (χ4v) is 2.97. The summed E-state index contributed by atoms with van der Waals surface area (Å²) in [5.74, 6) is -0.366. The van der Waals surface area contributed by atoms with E-state index in [0.29, 0.717) is 18.2 Å². The first-order valence-corrected chi connectivity index (χ1v) is 6.99. The summed E-state index contributed by atoms with van der Waals surface area (Å²) in [7, 11) is 0. The number of carbonyl (C=O) groups is 2. The maximum atomic E-state index is 11.9. The van der Waals surface area contributed by atoms with Crippen molar-refractivity contribution in [3.63, 3.8) is 0 Å². The zero-order valence-corrected chi connectivity index (χ0v) is 12.1. The zero-order valence-electron chi connectivity index (χ0n) is 11.3. The molecule has 0 aliphatic carbocycles. The largest absolute Gasteiger partial charge is 0.369 e. The number of anilines is 1. The third-order valence-corrected chi connectivity index (χ3v) is 4.33. The maximum Gasteiger partial charge on any atom is 0.323 e. The van der Waals surface area contributed by atoms with E-state index in [4.69, 9.17) is 5.73 Å². The maximum absolute atomic E-state index is 11.9. The van der Waals surface area contributed by atoms with Crippen LogP contribution in [-0.2, 0) is 11.2 Å². The van der Waals surface area contributed by atoms with Gasteiger partial charge in [-0.3, -0.25) is 10.1 Å². The number of likely N-dealkylation sites (tertiary alicyclic amines) is 1. The van der Waals surface area contributed by atoms with Gasteiger partial charge in [0.2, 0.25) is 5.91 Å². The van der Waals surface area contributed by atoms with Gasteiger partial charge in [0.25, 0.3) is 0 Å². The molecule has 0 saturated carbocycles. The zero-order chi connectivity index (χ0) is 14.2. The lowest BCUT2D eigenvalue weighted by Crippen LogP contribution is -2.63. The summed E-state index contributed by atoms with van der Waals surface area (Å²) >= 11 is 1.46. The van der Waals surface area contributed by atoms with Gasteiger partial charge in [0, 0.05) is 18.0 Å². The molecule has 1 aromatic heterocycles. The minimum atomic E-state index is -0.593. The quantitative estimate of drug-likeness (QED) is 0.877. The van der Waals surface area contributed by atoms with Crippen LogP contribution in [0.4, 0.5) is 9.93 Å². The van der Waals surface area contributed by atoms with Crippen molar-refractivity contribution in [2.75, 3.05) is 18.4 Å². The van der Waals surface area contributed by atoms with Crippen LogP contribution in [0.15, 0.2) is 0 Å². The van der Waals surface area contributed by atoms with E-state index in [1.807, 2.05) is 13.8 Å². The van der Waals surface area contributed by atoms with Gasteiger partial charge in [0.1, 0.15) is 0 Å². The summed E-state index contributed by atoms with van der Waals surface area (Å²) in [6.07, 6.45) is 0.849. The second-order valence-electron chi connectivity index (χ2n) is 5.09. The number of nitrogens with zero attached hydrogens (tertiary/aromatic N) is 2. The summed E-state index contributed by atoms with van der Waals surface area (Å²) in [5.41, 5.74) is 5.69. The van der Waals surface area contributed by atoms with E-state index in [0.717, 1.165) is 17.0 Å². The molecule has 104 valence electrons. The molecule has 2 rings (SSSR count). The van der Waals surface area contributed by atoms with E-state index in [2.05, 4.69) is 10.3 Å². The number of thiazole rings is 1. The molecule has 0 bridgehead atoms. The van der Waals surface area contributed by atoms with Crippen molar-refractivity contribution in [1.29, 1.82) is 0 Å². The van der Waals surface area contributed by atoms with Crippen LogP contribution < -0.4 is 11.1 Å². The van der Waals surface area contributed by atoms with E-state index < -0.39 is 5.41 Å². The van der Waals surface area contributed by atoms with Crippen LogP contribution in [0.2, 0.25) is 0 Å². The Morgan fingerprint density at radius 3 is 2.63 bits per heavy atom. The molecule has 0 radical (unpaired) electrons. The van der Waals surface area contributed by atoms with Gasteiger partial charge in [-0.2, -0.15) is 0 Å². The lowest BCUT2D eigenvalue weighted by atomic mass is 9.81. The van der Waals surface area contributed by atoms with Gasteiger partial charge < -0.3 is 10.6 Å². The van der Waals surface area contributed by atoms with Crippen molar-refractivity contribution in [1.82, 2.24) is 9.88 Å². The first kappa shape index (κ1) is 13.8. The van der Waals surface area contributed by atoms with Gasteiger partial charge in [-0.15, -0.1) is 11.3 Å². The molecule has 0 atom stereocenters. The fourth-order valence-electron chi connectivity index (χ4n) is 2.08. The Labute approximate surface area is 116 Å². The number of nitrogens with two attached hydrogens (primary N) is 1. The summed E-state index contributed by atoms with van der Waals surface area (Å²) < 4.78 is 0. The molecule has 0 spiro atoms. The molecular formula is C12H18N4O2S. The van der Waals surface area contributed by atoms with Crippen molar-refractivity contribution in [2.24, 2.45) is 11.1 Å². The van der Waals surface area contributed by atoms with Gasteiger partial charge in [-0.1, -0.05) is 6.92 Å². The molecule has 3 amide bonds. The summed E-state index contributed by atoms with van der Waals surface area (Å²) in [5, 5.41) is 3.36. The highest BCUT2D eigenvalue weighted by atomic mass is 32.1. The van der Waals surface area contributed by atoms with Crippen LogP contribution >= 0.6 is 11.3 Å². The Morgan fingerprint density at radius 1 is 1.53 bits per heavy atom. The predicted molar refractivity (Wildman–Crippen MR) is 74.1 cm³/mol. The highest BCUT2D eigenvalue weighted by Gasteiger charge is 2.46. The third-order valence-electron chi connectivity index (χ3n) is 3.40. The van der Waals surface area contributed by atoms with Crippen molar-refractivity contribution in [3.05, 3.63) is 10.6 Å². The number of urea groups is 1. The molecule has 19 heavy (non-hydrogen) atoms. The van der Waals surface area contributed by atoms with Crippen LogP contribution in [0.3, 0.4) is 0 Å². The number of hydrogen-bond acceptors (Lipinski definition) is 4. The third kappa shape index (κ3) is 2.56. The van der Waals surface area contributed by atoms with E-state index in [9.17, 15) is 9.59 Å². The minimum Gasteiger partial charge on any atom is -0.369 e. The normalized spacial score (nSPS) is 16.9. The number of nitrogens with one attached hydrogen (secondary N) is 1. The Balaban J connectivity index is 1.94. The molecule has 1 aliphatic heterocycles. The lowest BCUT2D eigenvalue weighted by molar-refractivity contribution is -0.133. The van der Waals surface area contributed by atoms with Gasteiger partial charge >= 0.3 is 6.03 Å². The van der Waals surface area contributed by atoms with Gasteiger partial charge in [0.05, 0.1) is 11.1 Å². The molecule has 0 unspecified atom stereocenters. The Morgan fingerprint density at radius 2 is 2.16 bits per heavy atom. The van der Waals surface area contributed by atoms with E-state index >= 15 is 0 Å². The Bertz CT molecular complexity index is 520. The molecule has 3 N–H and O–H groups in total. The molecular weight excluding hydrogens is 264 g/mol. The molecule has 1 saturated heterocycles. The topological polar surface area (TPSA) is 88.3 Å². The standard InChI is InChI=1S/C12H18N4O2S/c1-4-8-7(2)19-10(14-8)15-11(18)16-5-12(3,6-16)9(13)17/h4-6H2,1-3H3,(H2,13,17)(H,14,15,18). The van der Waals surface area contributed by atoms with Crippen LogP contribution in [0, 0.1) is 12.3 Å². The van der Waals surface area contributed by atoms with Crippen molar-refractivity contribution in [2.45, 2.75) is 27.2 Å². The number of carbonyl (C=O) groups excluding carboxylic acids is 2. The number of amides is 3. The number of primary amides is 1. The average molecular weight is 282 g/mol. The number of hydrogen-bond donors (Lipinski definition) is 2. The Kier molecular flexibility index (Phi) is 3.49. The SMILES string of the molecule is CCc1nc(NC(=O)N2CC(C)(C(N)=O)C2)sc1C. The second-order valence-corrected chi connectivity index (χ2v) is 6.29. The summed E-state index contributed by atoms with van der Waals surface area (Å²) in [6.45, 7) is 6.50. The smallest absolute Gasteiger partial charge is 0.323 e. The predicted octanol–water partition coefficient (Wildman–Crippen LogP) is 1.35. The molecule has 6 nitrogen and oxygen atoms in total. The molecule has 1 aliphatic rings. The van der Waals surface area contributed by atoms with Crippen LogP contribution in [0.1, 0.15) is 24.4 Å². The average Bonchev–Trinajstić information content (AvgIpc) is 2.64. The summed E-state index contributed by atoms with van der Waals surface area (Å²) in [6, 6.07) is -0.227. The molecule has 2 heterocycles. The lowest BCUT2D eigenvalue weighted by Gasteiger charge is -2.45. The number of aromatic nitrogens is 1. The second kappa shape index (κ2) is 4.80. The molecule has 0 aromatic carbocycles. The van der Waals surface area contributed by atoms with Crippen LogP contribution in [0.25, 0.3) is 0 Å². The van der Waals surface area contributed by atoms with Gasteiger partial charge in [-0.25, -0.2) is 9.78 Å². The molecule has 1 aromatic rings. The molecule has 1 fully saturated rings. The minimum absolute atomic E-state index is 0.227. The monoisotopic (exact) mass is 282 g/mol. The van der Waals surface area contributed by atoms with Crippen molar-refractivity contribution < 1.29 is 9.59 Å². The van der Waals surface area contributed by atoms with Crippen LogP contribution in [0.5, 0.6) is 0 Å². The highest BCUT2D eigenvalue weighted by Crippen LogP contribution is 2.30. The highest BCUT2D eigenvalue weighted by molar-refractivity contribution is 7.15. The Hall–Kier alpha value is -1.63. The van der Waals surface area contributed by atoms with Crippen molar-refractivity contribution in [3.8, 4) is 0 Å².